The van der Waals surface area contributed by atoms with Crippen molar-refractivity contribution in [1.82, 2.24) is 0 Å². The summed E-state index contributed by atoms with van der Waals surface area (Å²) in [5, 5.41) is 0. The highest BCUT2D eigenvalue weighted by Gasteiger charge is 2.58. The third-order valence-electron chi connectivity index (χ3n) is 3.27. The molecule has 19 heavy (non-hydrogen) atoms. The van der Waals surface area contributed by atoms with Crippen LogP contribution in [0.4, 0.5) is 0 Å². The van der Waals surface area contributed by atoms with Gasteiger partial charge >= 0.3 is 10.4 Å². The fraction of sp³-hybridized carbons (Fsp3) is 1.00. The van der Waals surface area contributed by atoms with E-state index in [0.29, 0.717) is 0 Å². The molecular formula is C10H16O8S. The van der Waals surface area contributed by atoms with E-state index in [4.69, 9.17) is 23.1 Å². The lowest BCUT2D eigenvalue weighted by Crippen LogP contribution is -2.61. The zero-order chi connectivity index (χ0) is 13.8. The maximum absolute atomic E-state index is 11.4. The lowest BCUT2D eigenvalue weighted by atomic mass is 9.99. The first-order valence-electron chi connectivity index (χ1n) is 5.93. The third kappa shape index (κ3) is 2.40. The zero-order valence-electron chi connectivity index (χ0n) is 10.8. The van der Waals surface area contributed by atoms with Crippen LogP contribution in [0.25, 0.3) is 0 Å². The summed E-state index contributed by atoms with van der Waals surface area (Å²) >= 11 is 0. The van der Waals surface area contributed by atoms with Gasteiger partial charge in [0.25, 0.3) is 0 Å². The van der Waals surface area contributed by atoms with Crippen LogP contribution in [0.3, 0.4) is 0 Å². The molecule has 110 valence electrons. The van der Waals surface area contributed by atoms with Gasteiger partial charge in [0.05, 0.1) is 6.61 Å². The molecule has 0 spiro atoms. The minimum atomic E-state index is -4.01. The largest absolute Gasteiger partial charge is 0.400 e. The van der Waals surface area contributed by atoms with Crippen molar-refractivity contribution in [2.75, 3.05) is 13.7 Å². The average Bonchev–Trinajstić information content (AvgIpc) is 2.63. The molecule has 3 aliphatic rings. The number of hydrogen-bond acceptors (Lipinski definition) is 8. The molecule has 0 radical (unpaired) electrons. The van der Waals surface area contributed by atoms with E-state index in [9.17, 15) is 8.42 Å². The molecule has 0 bridgehead atoms. The summed E-state index contributed by atoms with van der Waals surface area (Å²) in [5.74, 6) is -0.851. The Hall–Kier alpha value is -0.290. The molecule has 3 saturated heterocycles. The van der Waals surface area contributed by atoms with Crippen molar-refractivity contribution < 1.29 is 35.7 Å². The summed E-state index contributed by atoms with van der Waals surface area (Å²) in [4.78, 5) is 0. The van der Waals surface area contributed by atoms with Crippen molar-refractivity contribution >= 4 is 10.4 Å². The topological polar surface area (TPSA) is 89.5 Å². The summed E-state index contributed by atoms with van der Waals surface area (Å²) in [6.45, 7) is 3.35. The standard InChI is InChI=1S/C10H16O8S/c1-10(2)16-7-6-5(4-14-19(11,12)18-6)15-9(13-3)8(7)17-10/h5-9H,4H2,1-3H3/t5-,6+,7+,8?,9-/m1/s1. The van der Waals surface area contributed by atoms with E-state index in [1.54, 1.807) is 13.8 Å². The van der Waals surface area contributed by atoms with Gasteiger partial charge in [0.2, 0.25) is 0 Å². The predicted octanol–water partition coefficient (Wildman–Crippen LogP) is -0.462. The van der Waals surface area contributed by atoms with Gasteiger partial charge in [-0.05, 0) is 13.8 Å². The first-order chi connectivity index (χ1) is 8.81. The van der Waals surface area contributed by atoms with E-state index in [1.807, 2.05) is 0 Å². The van der Waals surface area contributed by atoms with Gasteiger partial charge < -0.3 is 18.9 Å². The van der Waals surface area contributed by atoms with Gasteiger partial charge in [-0.25, -0.2) is 8.37 Å². The van der Waals surface area contributed by atoms with E-state index < -0.39 is 46.9 Å². The number of ether oxygens (including phenoxy) is 4. The van der Waals surface area contributed by atoms with Gasteiger partial charge in [-0.3, -0.25) is 0 Å². The Balaban J connectivity index is 1.89. The van der Waals surface area contributed by atoms with Crippen molar-refractivity contribution in [2.45, 2.75) is 50.3 Å². The maximum atomic E-state index is 11.4. The highest BCUT2D eigenvalue weighted by atomic mass is 32.3. The van der Waals surface area contributed by atoms with Gasteiger partial charge in [0, 0.05) is 7.11 Å². The van der Waals surface area contributed by atoms with Crippen molar-refractivity contribution in [3.63, 3.8) is 0 Å². The second kappa shape index (κ2) is 4.35. The molecule has 3 rings (SSSR count). The Morgan fingerprint density at radius 3 is 2.53 bits per heavy atom. The number of rotatable bonds is 1. The average molecular weight is 296 g/mol. The Bertz CT molecular complexity index is 460. The molecule has 0 aromatic rings. The second-order valence-corrected chi connectivity index (χ2v) is 6.34. The van der Waals surface area contributed by atoms with Crippen LogP contribution < -0.4 is 0 Å². The first kappa shape index (κ1) is 13.7. The zero-order valence-corrected chi connectivity index (χ0v) is 11.6. The minimum Gasteiger partial charge on any atom is -0.353 e. The molecule has 3 fully saturated rings. The van der Waals surface area contributed by atoms with E-state index in [0.717, 1.165) is 0 Å². The maximum Gasteiger partial charge on any atom is 0.400 e. The monoisotopic (exact) mass is 296 g/mol. The number of methoxy groups -OCH3 is 1. The molecule has 8 nitrogen and oxygen atoms in total. The summed E-state index contributed by atoms with van der Waals surface area (Å²) in [6, 6.07) is 0. The first-order valence-corrected chi connectivity index (χ1v) is 7.26. The van der Waals surface area contributed by atoms with E-state index >= 15 is 0 Å². The van der Waals surface area contributed by atoms with Crippen LogP contribution >= 0.6 is 0 Å². The van der Waals surface area contributed by atoms with Crippen molar-refractivity contribution in [1.29, 1.82) is 0 Å². The Kier molecular flexibility index (Phi) is 3.13. The third-order valence-corrected chi connectivity index (χ3v) is 4.15. The molecule has 0 aromatic carbocycles. The molecule has 0 N–H and O–H groups in total. The van der Waals surface area contributed by atoms with Gasteiger partial charge in [-0.2, -0.15) is 8.42 Å². The molecule has 0 amide bonds. The number of fused-ring (bicyclic) bond motifs is 3. The Morgan fingerprint density at radius 2 is 1.84 bits per heavy atom. The van der Waals surface area contributed by atoms with Crippen molar-refractivity contribution in [2.24, 2.45) is 0 Å². The summed E-state index contributed by atoms with van der Waals surface area (Å²) in [7, 11) is -2.53. The summed E-state index contributed by atoms with van der Waals surface area (Å²) in [6.07, 6.45) is -3.16. The SMILES string of the molecule is CO[C@@H]1O[C@@H]2COS(=O)(=O)O[C@@H]2[C@@H]2OC(C)(C)OC12. The van der Waals surface area contributed by atoms with E-state index in [-0.39, 0.29) is 6.61 Å². The van der Waals surface area contributed by atoms with Gasteiger partial charge in [0.15, 0.2) is 12.1 Å². The fourth-order valence-corrected chi connectivity index (χ4v) is 3.44. The van der Waals surface area contributed by atoms with Crippen LogP contribution in [0.5, 0.6) is 0 Å². The lowest BCUT2D eigenvalue weighted by Gasteiger charge is -2.42. The highest BCUT2D eigenvalue weighted by molar-refractivity contribution is 7.81. The molecule has 0 aromatic heterocycles. The number of hydrogen-bond donors (Lipinski definition) is 0. The van der Waals surface area contributed by atoms with E-state index in [2.05, 4.69) is 4.18 Å². The molecular weight excluding hydrogens is 280 g/mol. The molecule has 9 heteroatoms. The van der Waals surface area contributed by atoms with Gasteiger partial charge in [0.1, 0.15) is 24.4 Å². The van der Waals surface area contributed by atoms with Crippen LogP contribution in [0.1, 0.15) is 13.8 Å². The van der Waals surface area contributed by atoms with Crippen molar-refractivity contribution in [3.05, 3.63) is 0 Å². The highest BCUT2D eigenvalue weighted by Crippen LogP contribution is 2.40. The molecule has 1 unspecified atom stereocenters. The summed E-state index contributed by atoms with van der Waals surface area (Å²) < 4.78 is 54.5. The molecule has 0 saturated carbocycles. The van der Waals surface area contributed by atoms with Crippen LogP contribution in [0.15, 0.2) is 0 Å². The fourth-order valence-electron chi connectivity index (χ4n) is 2.58. The van der Waals surface area contributed by atoms with Crippen LogP contribution in [-0.2, 0) is 37.7 Å². The Morgan fingerprint density at radius 1 is 1.16 bits per heavy atom. The minimum absolute atomic E-state index is 0.125. The van der Waals surface area contributed by atoms with Crippen LogP contribution in [-0.4, -0.2) is 58.6 Å². The predicted molar refractivity (Wildman–Crippen MR) is 59.2 cm³/mol. The molecule has 3 aliphatic heterocycles. The smallest absolute Gasteiger partial charge is 0.353 e. The van der Waals surface area contributed by atoms with Gasteiger partial charge in [-0.15, -0.1) is 0 Å². The molecule has 5 atom stereocenters. The van der Waals surface area contributed by atoms with Crippen LogP contribution in [0.2, 0.25) is 0 Å². The van der Waals surface area contributed by atoms with Crippen molar-refractivity contribution in [3.8, 4) is 0 Å². The van der Waals surface area contributed by atoms with Gasteiger partial charge in [-0.1, -0.05) is 0 Å². The molecule has 3 heterocycles. The quantitative estimate of drug-likeness (QED) is 0.642. The normalized spacial score (nSPS) is 47.4. The summed E-state index contributed by atoms with van der Waals surface area (Å²) in [5.41, 5.74) is 0. The van der Waals surface area contributed by atoms with Crippen LogP contribution in [0, 0.1) is 0 Å². The molecule has 0 aliphatic carbocycles. The lowest BCUT2D eigenvalue weighted by molar-refractivity contribution is -0.273. The second-order valence-electron chi connectivity index (χ2n) is 5.10. The van der Waals surface area contributed by atoms with E-state index in [1.165, 1.54) is 7.11 Å². The Labute approximate surface area is 111 Å².